The number of hydrogen-bond acceptors (Lipinski definition) is 6. The molecule has 2 aromatic rings. The van der Waals surface area contributed by atoms with Crippen molar-refractivity contribution in [1.29, 1.82) is 0 Å². The smallest absolute Gasteiger partial charge is 0.309 e. The Morgan fingerprint density at radius 2 is 1.65 bits per heavy atom. The molecule has 1 atom stereocenters. The molecule has 2 aliphatic carbocycles. The van der Waals surface area contributed by atoms with Gasteiger partial charge in [-0.25, -0.2) is 13.4 Å². The van der Waals surface area contributed by atoms with Gasteiger partial charge in [-0.1, -0.05) is 27.9 Å². The number of nitrogens with one attached hydrogen (secondary N) is 1. The summed E-state index contributed by atoms with van der Waals surface area (Å²) in [5, 5.41) is 3.87. The average Bonchev–Trinajstić information content (AvgIpc) is 3.73. The predicted octanol–water partition coefficient (Wildman–Crippen LogP) is -4.87. The van der Waals surface area contributed by atoms with E-state index in [0.29, 0.717) is 18.6 Å². The lowest BCUT2D eigenvalue weighted by Gasteiger charge is -2.22. The summed E-state index contributed by atoms with van der Waals surface area (Å²) in [6, 6.07) is -0.532. The molecule has 2 saturated carbocycles. The van der Waals surface area contributed by atoms with Gasteiger partial charge in [-0.05, 0) is 31.6 Å². The maximum absolute atomic E-state index is 14.9. The fraction of sp³-hybridized carbons (Fsp3) is 0.409. The van der Waals surface area contributed by atoms with Gasteiger partial charge in [0.15, 0.2) is 9.84 Å². The Balaban J connectivity index is 1.75. The fourth-order valence-corrected chi connectivity index (χ4v) is 4.79. The Hall–Kier alpha value is -2.56. The van der Waals surface area contributed by atoms with E-state index in [1.54, 1.807) is 0 Å². The van der Waals surface area contributed by atoms with Crippen molar-refractivity contribution in [2.45, 2.75) is 37.6 Å². The number of rotatable bonds is 9. The van der Waals surface area contributed by atoms with E-state index in [0.717, 1.165) is 58.0 Å². The quantitative estimate of drug-likeness (QED) is 0.332. The molecule has 0 spiro atoms. The van der Waals surface area contributed by atoms with Crippen molar-refractivity contribution >= 4 is 82.3 Å². The molecular formula is C22H28B5F2N3O4S. The highest BCUT2D eigenvalue weighted by Crippen LogP contribution is 2.48. The van der Waals surface area contributed by atoms with Crippen LogP contribution in [0, 0.1) is 11.8 Å². The van der Waals surface area contributed by atoms with Crippen LogP contribution < -0.4 is 37.4 Å². The van der Waals surface area contributed by atoms with Crippen molar-refractivity contribution in [2.24, 2.45) is 11.8 Å². The molecule has 2 fully saturated rings. The zero-order valence-electron chi connectivity index (χ0n) is 22.0. The minimum Gasteiger partial charge on any atom is -0.439 e. The summed E-state index contributed by atoms with van der Waals surface area (Å²) in [6.07, 6.45) is 6.05. The van der Waals surface area contributed by atoms with E-state index < -0.39 is 39.5 Å². The fourth-order valence-electron chi connectivity index (χ4n) is 4.34. The molecule has 0 saturated heterocycles. The van der Waals surface area contributed by atoms with Crippen molar-refractivity contribution in [3.8, 4) is 11.6 Å². The lowest BCUT2D eigenvalue weighted by Crippen LogP contribution is -2.54. The molecule has 2 aliphatic rings. The normalized spacial score (nSPS) is 17.1. The van der Waals surface area contributed by atoms with Crippen LogP contribution in [0.1, 0.15) is 41.9 Å². The van der Waals surface area contributed by atoms with Gasteiger partial charge < -0.3 is 10.1 Å². The van der Waals surface area contributed by atoms with Crippen LogP contribution >= 0.6 is 0 Å². The van der Waals surface area contributed by atoms with Crippen molar-refractivity contribution in [2.75, 3.05) is 6.26 Å². The zero-order valence-corrected chi connectivity index (χ0v) is 22.8. The molecule has 15 heteroatoms. The topological polar surface area (TPSA) is 98.2 Å². The molecule has 1 aromatic carbocycles. The van der Waals surface area contributed by atoms with Crippen LogP contribution in [0.15, 0.2) is 17.7 Å². The van der Waals surface area contributed by atoms with Crippen LogP contribution in [0.3, 0.4) is 0 Å². The summed E-state index contributed by atoms with van der Waals surface area (Å²) in [4.78, 5) is 21.3. The lowest BCUT2D eigenvalue weighted by molar-refractivity contribution is -0.0379. The summed E-state index contributed by atoms with van der Waals surface area (Å²) in [6.45, 7) is 0. The Labute approximate surface area is 220 Å². The second-order valence-corrected chi connectivity index (χ2v) is 12.3. The van der Waals surface area contributed by atoms with Gasteiger partial charge in [-0.3, -0.25) is 4.79 Å². The number of ether oxygens (including phenoxy) is 1. The summed E-state index contributed by atoms with van der Waals surface area (Å²) < 4.78 is 59.2. The second kappa shape index (κ2) is 9.96. The summed E-state index contributed by atoms with van der Waals surface area (Å²) in [7, 11) is 6.30. The maximum atomic E-state index is 14.9. The van der Waals surface area contributed by atoms with Crippen molar-refractivity contribution in [3.05, 3.63) is 29.1 Å². The van der Waals surface area contributed by atoms with Crippen LogP contribution in [0.2, 0.25) is 0 Å². The first-order chi connectivity index (χ1) is 17.2. The summed E-state index contributed by atoms with van der Waals surface area (Å²) in [5.74, 6) is -5.05. The molecule has 37 heavy (non-hydrogen) atoms. The number of carbonyl (C=O) groups excluding carboxylic acids is 1. The predicted molar refractivity (Wildman–Crippen MR) is 154 cm³/mol. The van der Waals surface area contributed by atoms with Gasteiger partial charge in [0.05, 0.1) is 6.04 Å². The van der Waals surface area contributed by atoms with Gasteiger partial charge in [0, 0.05) is 23.8 Å². The van der Waals surface area contributed by atoms with Crippen molar-refractivity contribution in [3.63, 3.8) is 0 Å². The first kappa shape index (κ1) is 27.5. The highest BCUT2D eigenvalue weighted by Gasteiger charge is 2.51. The zero-order chi connectivity index (χ0) is 27.3. The van der Waals surface area contributed by atoms with E-state index >= 15 is 0 Å². The number of benzene rings is 1. The molecule has 4 rings (SSSR count). The van der Waals surface area contributed by atoms with E-state index in [1.165, 1.54) is 6.08 Å². The maximum Gasteiger partial charge on any atom is 0.309 e. The number of nitrogens with zero attached hydrogens (tertiary/aromatic N) is 2. The minimum atomic E-state index is -3.38. The van der Waals surface area contributed by atoms with E-state index in [4.69, 9.17) is 4.74 Å². The summed E-state index contributed by atoms with van der Waals surface area (Å²) in [5.41, 5.74) is 4.67. The monoisotopic (exact) mass is 523 g/mol. The molecule has 0 bridgehead atoms. The molecule has 1 unspecified atom stereocenters. The van der Waals surface area contributed by atoms with Crippen LogP contribution in [-0.2, 0) is 15.8 Å². The van der Waals surface area contributed by atoms with E-state index in [1.807, 2.05) is 39.2 Å². The molecule has 0 aliphatic heterocycles. The highest BCUT2D eigenvalue weighted by molar-refractivity contribution is 7.93. The second-order valence-electron chi connectivity index (χ2n) is 10.4. The SMILES string of the molecule is Bc1c(B)c(B)c(Oc2nc(C(F)(F)C3CC3)ncc2C(=O)NC(/C=C/S(C)(=O)=O)C2CC2)c(B)c1B. The Morgan fingerprint density at radius 1 is 1.08 bits per heavy atom. The Kier molecular flexibility index (Phi) is 7.40. The number of aromatic nitrogens is 2. The standard InChI is InChI=1S/C22H28B5F2N3O4S/c1-37(34,35)7-6-12(9-2-3-9)31-19(33)11-8-30-21(22(28,29)10-4-5-10)32-20(11)36-18-16(26)14(24)13(23)15(25)17(18)27/h6-10,12H,2-5,23-27H2,1H3,(H,31,33)/b7-6+. The third kappa shape index (κ3) is 5.97. The third-order valence-electron chi connectivity index (χ3n) is 7.48. The summed E-state index contributed by atoms with van der Waals surface area (Å²) >= 11 is 0. The van der Waals surface area contributed by atoms with Gasteiger partial charge >= 0.3 is 5.92 Å². The van der Waals surface area contributed by atoms with Gasteiger partial charge in [0.2, 0.25) is 11.7 Å². The van der Waals surface area contributed by atoms with Gasteiger partial charge in [0.1, 0.15) is 50.5 Å². The first-order valence-corrected chi connectivity index (χ1v) is 14.4. The molecule has 1 aromatic heterocycles. The molecule has 1 amide bonds. The van der Waals surface area contributed by atoms with E-state index in [9.17, 15) is 22.0 Å². The number of alkyl halides is 2. The largest absolute Gasteiger partial charge is 0.439 e. The number of amides is 1. The van der Waals surface area contributed by atoms with E-state index in [-0.39, 0.29) is 17.4 Å². The van der Waals surface area contributed by atoms with Crippen LogP contribution in [-0.4, -0.2) is 75.8 Å². The van der Waals surface area contributed by atoms with Gasteiger partial charge in [-0.2, -0.15) is 13.8 Å². The molecular weight excluding hydrogens is 494 g/mol. The number of sulfone groups is 1. The molecule has 7 nitrogen and oxygen atoms in total. The molecule has 1 heterocycles. The molecule has 190 valence electrons. The number of hydrogen-bond donors (Lipinski definition) is 1. The van der Waals surface area contributed by atoms with Crippen LogP contribution in [0.5, 0.6) is 11.6 Å². The van der Waals surface area contributed by atoms with Gasteiger partial charge in [-0.15, -0.1) is 5.46 Å². The number of carbonyl (C=O) groups is 1. The average molecular weight is 523 g/mol. The van der Waals surface area contributed by atoms with Crippen molar-refractivity contribution in [1.82, 2.24) is 15.3 Å². The molecule has 1 N–H and O–H groups in total. The van der Waals surface area contributed by atoms with Gasteiger partial charge in [0.25, 0.3) is 5.91 Å². The lowest BCUT2D eigenvalue weighted by atomic mass is 9.62. The third-order valence-corrected chi connectivity index (χ3v) is 8.13. The minimum absolute atomic E-state index is 0.0940. The van der Waals surface area contributed by atoms with E-state index in [2.05, 4.69) is 15.3 Å². The first-order valence-electron chi connectivity index (χ1n) is 12.4. The van der Waals surface area contributed by atoms with Crippen molar-refractivity contribution < 1.29 is 26.7 Å². The molecule has 0 radical (unpaired) electrons. The van der Waals surface area contributed by atoms with Crippen LogP contribution in [0.25, 0.3) is 0 Å². The highest BCUT2D eigenvalue weighted by atomic mass is 32.2. The number of halogens is 2. The van der Waals surface area contributed by atoms with Crippen LogP contribution in [0.4, 0.5) is 8.78 Å². The Bertz CT molecular complexity index is 1370. The Morgan fingerprint density at radius 3 is 2.16 bits per heavy atom.